The second-order valence-electron chi connectivity index (χ2n) is 14.7. The molecule has 0 aliphatic rings. The summed E-state index contributed by atoms with van der Waals surface area (Å²) in [6, 6.07) is 47.5. The summed E-state index contributed by atoms with van der Waals surface area (Å²) >= 11 is 0. The largest absolute Gasteiger partial charge is 0.425 e. The third-order valence-corrected chi connectivity index (χ3v) is 11.5. The van der Waals surface area contributed by atoms with Gasteiger partial charge in [0, 0.05) is 34.4 Å². The summed E-state index contributed by atoms with van der Waals surface area (Å²) < 4.78 is 116. The fourth-order valence-corrected chi connectivity index (χ4v) is 7.56. The van der Waals surface area contributed by atoms with Gasteiger partial charge in [-0.05, 0) is 108 Å². The molecule has 364 valence electrons. The molecule has 0 atom stereocenters. The number of nitrogens with zero attached hydrogens (tertiary/aromatic N) is 8. The Bertz CT molecular complexity index is 3840. The summed E-state index contributed by atoms with van der Waals surface area (Å²) in [6.07, 6.45) is 0.430. The number of rotatable bonds is 14. The van der Waals surface area contributed by atoms with Crippen molar-refractivity contribution in [3.63, 3.8) is 0 Å². The third-order valence-electron chi connectivity index (χ3n) is 9.78. The Balaban J connectivity index is 0.000000986. The monoisotopic (exact) mass is 1050 g/mol. The van der Waals surface area contributed by atoms with Crippen LogP contribution in [0.3, 0.4) is 0 Å². The molecule has 8 aromatic carbocycles. The van der Waals surface area contributed by atoms with Crippen molar-refractivity contribution in [1.29, 1.82) is 0 Å². The van der Waals surface area contributed by atoms with E-state index in [4.69, 9.17) is 25.3 Å². The van der Waals surface area contributed by atoms with E-state index in [0.717, 1.165) is 45.4 Å². The second-order valence-corrected chi connectivity index (χ2v) is 18.3. The predicted octanol–water partition coefficient (Wildman–Crippen LogP) is 11.5. The Hall–Kier alpha value is -8.59. The van der Waals surface area contributed by atoms with Gasteiger partial charge in [-0.15, -0.1) is 45.7 Å². The highest BCUT2D eigenvalue weighted by atomic mass is 32.2. The van der Waals surface area contributed by atoms with Crippen LogP contribution in [0.15, 0.2) is 221 Å². The minimum atomic E-state index is -4.56. The molecule has 0 saturated heterocycles. The summed E-state index contributed by atoms with van der Waals surface area (Å²) in [5, 5.41) is 37.3. The standard InChI is InChI=1S/C47H34N8O7S2.2O3S/c56-37(28-31-10-14-34(15-11-31)49-53-45-25-24-44(40-8-4-5-9-41(40)45)52-48-33-6-2-1-3-7-33)29-32-12-16-35(17-13-32)50-54-46-26-27-47(43-30-39(64(60,61)62)22-23-42(43)46)55-51-36-18-20-38(21-19-36)63(57,58)59;2*1-4(2)3/h1-27,30H,28-29H2,(H,57,58,59)(H,60,61,62);;. The van der Waals surface area contributed by atoms with Gasteiger partial charge in [0.2, 0.25) is 0 Å². The van der Waals surface area contributed by atoms with E-state index in [1.807, 2.05) is 91.0 Å². The highest BCUT2D eigenvalue weighted by Gasteiger charge is 2.15. The molecule has 0 radical (unpaired) electrons. The molecule has 0 spiro atoms. The van der Waals surface area contributed by atoms with Crippen LogP contribution in [0.5, 0.6) is 0 Å². The highest BCUT2D eigenvalue weighted by Crippen LogP contribution is 2.38. The topological polar surface area (TPSA) is 327 Å². The predicted molar refractivity (Wildman–Crippen MR) is 262 cm³/mol. The van der Waals surface area contributed by atoms with Crippen molar-refractivity contribution in [3.8, 4) is 0 Å². The van der Waals surface area contributed by atoms with Crippen molar-refractivity contribution in [1.82, 2.24) is 0 Å². The van der Waals surface area contributed by atoms with Crippen LogP contribution >= 0.6 is 0 Å². The molecule has 72 heavy (non-hydrogen) atoms. The maximum atomic E-state index is 13.1. The van der Waals surface area contributed by atoms with E-state index >= 15 is 0 Å². The molecule has 2 N–H and O–H groups in total. The molecular formula is C47H34N8O13S4. The second kappa shape index (κ2) is 24.3. The van der Waals surface area contributed by atoms with Gasteiger partial charge in [0.15, 0.2) is 0 Å². The van der Waals surface area contributed by atoms with Crippen LogP contribution in [0.1, 0.15) is 11.1 Å². The summed E-state index contributed by atoms with van der Waals surface area (Å²) in [5.74, 6) is 0.0165. The normalized spacial score (nSPS) is 11.7. The molecular weight excluding hydrogens is 1010 g/mol. The number of carbonyl (C=O) groups is 1. The number of fused-ring (bicyclic) bond motifs is 2. The Kier molecular flexibility index (Phi) is 17.8. The fourth-order valence-electron chi connectivity index (χ4n) is 6.58. The van der Waals surface area contributed by atoms with E-state index in [1.54, 1.807) is 30.3 Å². The molecule has 25 heteroatoms. The van der Waals surface area contributed by atoms with Gasteiger partial charge in [0.1, 0.15) is 5.78 Å². The van der Waals surface area contributed by atoms with Gasteiger partial charge in [0.05, 0.1) is 55.3 Å². The van der Waals surface area contributed by atoms with Crippen LogP contribution in [0.4, 0.5) is 45.5 Å². The van der Waals surface area contributed by atoms with E-state index in [0.29, 0.717) is 28.1 Å². The number of hydrogen-bond acceptors (Lipinski definition) is 19. The van der Waals surface area contributed by atoms with E-state index in [1.165, 1.54) is 36.4 Å². The van der Waals surface area contributed by atoms with Gasteiger partial charge < -0.3 is 0 Å². The van der Waals surface area contributed by atoms with Crippen LogP contribution in [-0.4, -0.2) is 57.0 Å². The van der Waals surface area contributed by atoms with E-state index in [2.05, 4.69) is 40.9 Å². The lowest BCUT2D eigenvalue weighted by molar-refractivity contribution is -0.117. The Labute approximate surface area is 412 Å². The fraction of sp³-hybridized carbons (Fsp3) is 0.0426. The first-order chi connectivity index (χ1) is 34.3. The summed E-state index contributed by atoms with van der Waals surface area (Å²) in [4.78, 5) is 12.4. The van der Waals surface area contributed by atoms with Gasteiger partial charge >= 0.3 is 21.2 Å². The summed E-state index contributed by atoms with van der Waals surface area (Å²) in [6.45, 7) is 0. The van der Waals surface area contributed by atoms with E-state index in [9.17, 15) is 30.7 Å². The lowest BCUT2D eigenvalue weighted by Gasteiger charge is -2.07. The van der Waals surface area contributed by atoms with E-state index < -0.39 is 41.5 Å². The van der Waals surface area contributed by atoms with E-state index in [-0.39, 0.29) is 45.2 Å². The minimum Gasteiger partial charge on any atom is -0.299 e. The van der Waals surface area contributed by atoms with Crippen LogP contribution in [0.25, 0.3) is 21.5 Å². The van der Waals surface area contributed by atoms with Crippen LogP contribution < -0.4 is 0 Å². The number of hydrogen-bond donors (Lipinski definition) is 2. The molecule has 0 aliphatic heterocycles. The van der Waals surface area contributed by atoms with Gasteiger partial charge in [-0.2, -0.15) is 37.3 Å². The Morgan fingerprint density at radius 2 is 0.667 bits per heavy atom. The zero-order valence-corrected chi connectivity index (χ0v) is 39.9. The molecule has 0 heterocycles. The SMILES string of the molecule is O=C(Cc1ccc(N=Nc2ccc(N=Nc3ccccc3)c3ccccc23)cc1)Cc1ccc(N=Nc2ccc(N=Nc3ccc(S(=O)(=O)O)cc3)c3cc(S(=O)(=O)O)ccc23)cc1.O=S(=O)=O.O=S(=O)=O. The molecule has 0 unspecified atom stereocenters. The zero-order valence-electron chi connectivity index (χ0n) is 36.7. The van der Waals surface area contributed by atoms with Crippen molar-refractivity contribution < 1.29 is 56.0 Å². The average Bonchev–Trinajstić information content (AvgIpc) is 3.34. The number of Topliss-reactive ketones (excluding diaryl/α,β-unsaturated/α-hetero) is 1. The molecule has 0 bridgehead atoms. The smallest absolute Gasteiger partial charge is 0.299 e. The molecule has 21 nitrogen and oxygen atoms in total. The molecule has 0 aromatic heterocycles. The molecule has 0 amide bonds. The maximum absolute atomic E-state index is 13.1. The van der Waals surface area contributed by atoms with Crippen molar-refractivity contribution in [2.75, 3.05) is 0 Å². The summed E-state index contributed by atoms with van der Waals surface area (Å²) in [5.41, 5.74) is 5.79. The van der Waals surface area contributed by atoms with Gasteiger partial charge in [-0.3, -0.25) is 13.9 Å². The molecule has 0 fully saturated rings. The zero-order chi connectivity index (χ0) is 51.8. The molecule has 0 aliphatic carbocycles. The lowest BCUT2D eigenvalue weighted by Crippen LogP contribution is -2.06. The van der Waals surface area contributed by atoms with Crippen molar-refractivity contribution in [2.24, 2.45) is 40.9 Å². The lowest BCUT2D eigenvalue weighted by atomic mass is 10.0. The number of azo groups is 4. The quantitative estimate of drug-likeness (QED) is 0.0756. The van der Waals surface area contributed by atoms with Gasteiger partial charge in [-0.1, -0.05) is 72.8 Å². The first kappa shape index (κ1) is 52.8. The molecule has 8 aromatic rings. The number of carbonyl (C=O) groups excluding carboxylic acids is 1. The first-order valence-corrected chi connectivity index (χ1v) is 25.3. The van der Waals surface area contributed by atoms with Crippen LogP contribution in [-0.2, 0) is 59.1 Å². The van der Waals surface area contributed by atoms with Crippen molar-refractivity contribution in [3.05, 3.63) is 181 Å². The third kappa shape index (κ3) is 15.7. The maximum Gasteiger partial charge on any atom is 0.425 e. The van der Waals surface area contributed by atoms with Crippen LogP contribution in [0, 0.1) is 0 Å². The first-order valence-electron chi connectivity index (χ1n) is 20.4. The average molecular weight is 1050 g/mol. The molecule has 8 rings (SSSR count). The minimum absolute atomic E-state index is 0.0165. The molecule has 0 saturated carbocycles. The van der Waals surface area contributed by atoms with Crippen molar-refractivity contribution >= 4 is 114 Å². The number of benzene rings is 8. The number of ketones is 1. The van der Waals surface area contributed by atoms with Gasteiger partial charge in [0.25, 0.3) is 20.2 Å². The Morgan fingerprint density at radius 1 is 0.361 bits per heavy atom. The summed E-state index contributed by atoms with van der Waals surface area (Å²) in [7, 11) is -15.2. The Morgan fingerprint density at radius 3 is 1.04 bits per heavy atom. The van der Waals surface area contributed by atoms with Crippen LogP contribution in [0.2, 0.25) is 0 Å². The highest BCUT2D eigenvalue weighted by molar-refractivity contribution is 7.86. The van der Waals surface area contributed by atoms with Crippen molar-refractivity contribution in [2.45, 2.75) is 22.6 Å². The van der Waals surface area contributed by atoms with Gasteiger partial charge in [-0.25, -0.2) is 0 Å².